The smallest absolute Gasteiger partial charge is 0.193 e. The number of aromatic nitrogens is 1. The number of rotatable bonds is 0. The molecule has 4 rings (SSSR count). The van der Waals surface area contributed by atoms with Gasteiger partial charge >= 0.3 is 0 Å². The first-order valence-corrected chi connectivity index (χ1v) is 7.32. The number of benzene rings is 2. The summed E-state index contributed by atoms with van der Waals surface area (Å²) in [4.78, 5) is 16.5. The highest BCUT2D eigenvalue weighted by Gasteiger charge is 2.34. The van der Waals surface area contributed by atoms with Crippen molar-refractivity contribution < 1.29 is 0 Å². The molecule has 21 heavy (non-hydrogen) atoms. The summed E-state index contributed by atoms with van der Waals surface area (Å²) in [6, 6.07) is 16.1. The molecule has 2 aromatic carbocycles. The predicted molar refractivity (Wildman–Crippen MR) is 86.7 cm³/mol. The third-order valence-electron chi connectivity index (χ3n) is 4.50. The van der Waals surface area contributed by atoms with E-state index in [1.165, 1.54) is 5.56 Å². The number of fused-ring (bicyclic) bond motifs is 4. The van der Waals surface area contributed by atoms with Gasteiger partial charge in [0.2, 0.25) is 0 Å². The van der Waals surface area contributed by atoms with Crippen molar-refractivity contribution in [2.75, 3.05) is 0 Å². The number of pyridine rings is 1. The van der Waals surface area contributed by atoms with E-state index in [2.05, 4.69) is 37.0 Å². The molecule has 0 aliphatic heterocycles. The van der Waals surface area contributed by atoms with Gasteiger partial charge in [-0.3, -0.25) is 4.79 Å². The number of hydrogen-bond donors (Lipinski definition) is 1. The molecule has 0 saturated carbocycles. The van der Waals surface area contributed by atoms with Crippen molar-refractivity contribution >= 4 is 10.9 Å². The molecule has 0 saturated heterocycles. The second-order valence-corrected chi connectivity index (χ2v) is 6.47. The van der Waals surface area contributed by atoms with Crippen LogP contribution in [0.4, 0.5) is 0 Å². The molecule has 0 amide bonds. The maximum absolute atomic E-state index is 13.0. The maximum Gasteiger partial charge on any atom is 0.193 e. The van der Waals surface area contributed by atoms with Gasteiger partial charge in [-0.2, -0.15) is 0 Å². The molecule has 1 aliphatic carbocycles. The highest BCUT2D eigenvalue weighted by atomic mass is 16.1. The average Bonchev–Trinajstić information content (AvgIpc) is 2.46. The molecule has 104 valence electrons. The van der Waals surface area contributed by atoms with Gasteiger partial charge in [-0.15, -0.1) is 0 Å². The maximum atomic E-state index is 13.0. The molecular formula is C19H17NO. The normalized spacial score (nSPS) is 15.5. The Hall–Kier alpha value is -2.35. The Morgan fingerprint density at radius 1 is 1.00 bits per heavy atom. The van der Waals surface area contributed by atoms with E-state index in [1.807, 2.05) is 30.3 Å². The van der Waals surface area contributed by atoms with Crippen LogP contribution in [0.15, 0.2) is 53.3 Å². The molecule has 2 heteroatoms. The highest BCUT2D eigenvalue weighted by Crippen LogP contribution is 2.40. The van der Waals surface area contributed by atoms with Crippen LogP contribution in [0.3, 0.4) is 0 Å². The number of aromatic amines is 1. The number of H-pyrrole nitrogens is 1. The first-order valence-electron chi connectivity index (χ1n) is 7.32. The second kappa shape index (κ2) is 4.08. The van der Waals surface area contributed by atoms with Gasteiger partial charge in [-0.05, 0) is 29.5 Å². The van der Waals surface area contributed by atoms with Crippen molar-refractivity contribution in [3.05, 3.63) is 69.9 Å². The van der Waals surface area contributed by atoms with Crippen LogP contribution in [-0.4, -0.2) is 4.98 Å². The summed E-state index contributed by atoms with van der Waals surface area (Å²) in [5.74, 6) is 0. The molecular weight excluding hydrogens is 258 g/mol. The average molecular weight is 275 g/mol. The molecule has 0 radical (unpaired) electrons. The summed E-state index contributed by atoms with van der Waals surface area (Å²) >= 11 is 0. The number of hydrogen-bond acceptors (Lipinski definition) is 1. The van der Waals surface area contributed by atoms with Gasteiger partial charge < -0.3 is 4.98 Å². The van der Waals surface area contributed by atoms with Gasteiger partial charge in [0, 0.05) is 22.0 Å². The molecule has 1 N–H and O–H groups in total. The van der Waals surface area contributed by atoms with Gasteiger partial charge in [0.1, 0.15) is 0 Å². The van der Waals surface area contributed by atoms with Crippen LogP contribution >= 0.6 is 0 Å². The van der Waals surface area contributed by atoms with Crippen LogP contribution in [0, 0.1) is 0 Å². The molecule has 0 bridgehead atoms. The van der Waals surface area contributed by atoms with E-state index in [9.17, 15) is 4.79 Å². The van der Waals surface area contributed by atoms with Crippen LogP contribution in [-0.2, 0) is 11.8 Å². The van der Waals surface area contributed by atoms with Crippen LogP contribution in [0.5, 0.6) is 0 Å². The lowest BCUT2D eigenvalue weighted by Crippen LogP contribution is -2.33. The monoisotopic (exact) mass is 275 g/mol. The summed E-state index contributed by atoms with van der Waals surface area (Å²) in [5, 5.41) is 0.781. The first-order chi connectivity index (χ1) is 10.1. The van der Waals surface area contributed by atoms with Crippen LogP contribution in [0.2, 0.25) is 0 Å². The van der Waals surface area contributed by atoms with Crippen molar-refractivity contribution in [3.8, 4) is 11.3 Å². The molecule has 1 heterocycles. The molecule has 3 aromatic rings. The minimum absolute atomic E-state index is 0.151. The third-order valence-corrected chi connectivity index (χ3v) is 4.50. The lowest BCUT2D eigenvalue weighted by molar-refractivity contribution is 0.512. The summed E-state index contributed by atoms with van der Waals surface area (Å²) in [5.41, 5.74) is 5.30. The van der Waals surface area contributed by atoms with Crippen molar-refractivity contribution in [2.45, 2.75) is 25.7 Å². The van der Waals surface area contributed by atoms with E-state index in [0.29, 0.717) is 0 Å². The zero-order chi connectivity index (χ0) is 14.6. The van der Waals surface area contributed by atoms with Crippen LogP contribution < -0.4 is 5.43 Å². The van der Waals surface area contributed by atoms with Crippen LogP contribution in [0.25, 0.3) is 22.2 Å². The minimum atomic E-state index is -0.151. The fourth-order valence-corrected chi connectivity index (χ4v) is 3.57. The fourth-order valence-electron chi connectivity index (χ4n) is 3.57. The Bertz CT molecular complexity index is 918. The minimum Gasteiger partial charge on any atom is -0.354 e. The van der Waals surface area contributed by atoms with Gasteiger partial charge in [0.15, 0.2) is 5.43 Å². The molecule has 0 atom stereocenters. The Morgan fingerprint density at radius 3 is 2.57 bits per heavy atom. The van der Waals surface area contributed by atoms with Crippen molar-refractivity contribution in [1.82, 2.24) is 4.98 Å². The summed E-state index contributed by atoms with van der Waals surface area (Å²) < 4.78 is 0. The molecule has 1 aromatic heterocycles. The molecule has 0 spiro atoms. The number of para-hydroxylation sites is 1. The quantitative estimate of drug-likeness (QED) is 0.660. The Kier molecular flexibility index (Phi) is 2.41. The lowest BCUT2D eigenvalue weighted by Gasteiger charge is -2.33. The van der Waals surface area contributed by atoms with E-state index in [1.54, 1.807) is 0 Å². The highest BCUT2D eigenvalue weighted by molar-refractivity contribution is 5.85. The zero-order valence-corrected chi connectivity index (χ0v) is 12.2. The van der Waals surface area contributed by atoms with E-state index in [0.717, 1.165) is 34.1 Å². The number of nitrogens with one attached hydrogen (secondary N) is 1. The molecule has 0 fully saturated rings. The second-order valence-electron chi connectivity index (χ2n) is 6.47. The van der Waals surface area contributed by atoms with Gasteiger partial charge in [-0.1, -0.05) is 50.2 Å². The standard InChI is InChI=1S/C19H17NO/c1-19(2)11-12-7-3-4-8-13(12)17-16(19)18(21)14-9-5-6-10-15(14)20-17/h3-10H,11H2,1-2H3,(H,20,21). The fraction of sp³-hybridized carbons (Fsp3) is 0.211. The molecule has 2 nitrogen and oxygen atoms in total. The lowest BCUT2D eigenvalue weighted by atomic mass is 9.71. The predicted octanol–water partition coefficient (Wildman–Crippen LogP) is 4.03. The first kappa shape index (κ1) is 12.4. The van der Waals surface area contributed by atoms with Crippen molar-refractivity contribution in [3.63, 3.8) is 0 Å². The van der Waals surface area contributed by atoms with E-state index in [-0.39, 0.29) is 10.8 Å². The van der Waals surface area contributed by atoms with E-state index >= 15 is 0 Å². The van der Waals surface area contributed by atoms with Gasteiger partial charge in [-0.25, -0.2) is 0 Å². The largest absolute Gasteiger partial charge is 0.354 e. The SMILES string of the molecule is CC1(C)Cc2ccccc2-c2[nH]c3ccccc3c(=O)c21. The summed E-state index contributed by atoms with van der Waals surface area (Å²) in [6.45, 7) is 4.32. The summed E-state index contributed by atoms with van der Waals surface area (Å²) in [6.07, 6.45) is 0.900. The Morgan fingerprint density at radius 2 is 1.71 bits per heavy atom. The van der Waals surface area contributed by atoms with Crippen LogP contribution in [0.1, 0.15) is 25.0 Å². The third kappa shape index (κ3) is 1.69. The Labute approximate surface area is 123 Å². The zero-order valence-electron chi connectivity index (χ0n) is 12.2. The topological polar surface area (TPSA) is 32.9 Å². The molecule has 0 unspecified atom stereocenters. The van der Waals surface area contributed by atoms with Gasteiger partial charge in [0.25, 0.3) is 0 Å². The van der Waals surface area contributed by atoms with Crippen molar-refractivity contribution in [1.29, 1.82) is 0 Å². The molecule has 1 aliphatic rings. The van der Waals surface area contributed by atoms with E-state index in [4.69, 9.17) is 0 Å². The van der Waals surface area contributed by atoms with Crippen molar-refractivity contribution in [2.24, 2.45) is 0 Å². The summed E-state index contributed by atoms with van der Waals surface area (Å²) in [7, 11) is 0. The van der Waals surface area contributed by atoms with Gasteiger partial charge in [0.05, 0.1) is 5.69 Å². The Balaban J connectivity index is 2.20. The van der Waals surface area contributed by atoms with E-state index < -0.39 is 0 Å².